The molecule has 0 radical (unpaired) electrons. The van der Waals surface area contributed by atoms with Crippen LogP contribution in [-0.2, 0) is 19.1 Å². The molecule has 0 saturated carbocycles. The Morgan fingerprint density at radius 1 is 1.29 bits per heavy atom. The first kappa shape index (κ1) is 26.8. The zero-order valence-corrected chi connectivity index (χ0v) is 21.5. The number of rotatable bonds is 7. The Bertz CT molecular complexity index is 993. The monoisotopic (exact) mass is 506 g/mol. The zero-order valence-electron chi connectivity index (χ0n) is 20.7. The molecule has 2 aliphatic heterocycles. The van der Waals surface area contributed by atoms with Crippen LogP contribution >= 0.6 is 11.6 Å². The maximum atomic E-state index is 13.7. The molecule has 3 rings (SSSR count). The number of anilines is 1. The summed E-state index contributed by atoms with van der Waals surface area (Å²) in [4.78, 5) is 53.1. The first-order valence-electron chi connectivity index (χ1n) is 12.1. The van der Waals surface area contributed by atoms with E-state index in [4.69, 9.17) is 22.1 Å². The number of esters is 1. The van der Waals surface area contributed by atoms with Crippen molar-refractivity contribution in [2.45, 2.75) is 84.0 Å². The van der Waals surface area contributed by atoms with Crippen molar-refractivity contribution in [3.63, 3.8) is 0 Å². The highest BCUT2D eigenvalue weighted by Gasteiger charge is 2.43. The molecule has 0 spiro atoms. The van der Waals surface area contributed by atoms with E-state index in [-0.39, 0.29) is 40.9 Å². The first-order chi connectivity index (χ1) is 16.4. The van der Waals surface area contributed by atoms with Gasteiger partial charge < -0.3 is 26.0 Å². The van der Waals surface area contributed by atoms with E-state index in [1.807, 2.05) is 27.7 Å². The standard InChI is InChI=1S/C25H35ClN4O5/c1-5-7-19-17(13-20(31)35-19)28-23(33)18-8-6-11-30(18)24(34)21(25(2,3)4)29-22(32)14-9-10-16(27)15(26)12-14/h9-10,12,17-19,21H,5-8,11,13,27H2,1-4H3,(H,28,33)(H,29,32)/t17-,18?,19-,21+/m0/s1. The Kier molecular flexibility index (Phi) is 8.30. The molecule has 2 saturated heterocycles. The van der Waals surface area contributed by atoms with Gasteiger partial charge in [0.25, 0.3) is 5.91 Å². The third-order valence-electron chi connectivity index (χ3n) is 6.51. The van der Waals surface area contributed by atoms with Crippen LogP contribution in [0.4, 0.5) is 5.69 Å². The fourth-order valence-electron chi connectivity index (χ4n) is 4.58. The van der Waals surface area contributed by atoms with E-state index >= 15 is 0 Å². The molecular weight excluding hydrogens is 472 g/mol. The second kappa shape index (κ2) is 10.8. The van der Waals surface area contributed by atoms with Crippen molar-refractivity contribution in [1.82, 2.24) is 15.5 Å². The fourth-order valence-corrected chi connectivity index (χ4v) is 4.76. The molecule has 3 amide bonds. The number of nitrogens with zero attached hydrogens (tertiary/aromatic N) is 1. The van der Waals surface area contributed by atoms with Gasteiger partial charge in [-0.15, -0.1) is 0 Å². The minimum Gasteiger partial charge on any atom is -0.460 e. The van der Waals surface area contributed by atoms with E-state index in [2.05, 4.69) is 10.6 Å². The van der Waals surface area contributed by atoms with E-state index in [1.165, 1.54) is 17.0 Å². The Labute approximate surface area is 211 Å². The number of carbonyl (C=O) groups is 4. The number of ether oxygens (including phenoxy) is 1. The number of hydrogen-bond donors (Lipinski definition) is 3. The summed E-state index contributed by atoms with van der Waals surface area (Å²) in [5, 5.41) is 6.02. The summed E-state index contributed by atoms with van der Waals surface area (Å²) >= 11 is 6.06. The number of nitrogens with one attached hydrogen (secondary N) is 2. The maximum Gasteiger partial charge on any atom is 0.308 e. The molecule has 4 N–H and O–H groups in total. The Morgan fingerprint density at radius 2 is 2.00 bits per heavy atom. The highest BCUT2D eigenvalue weighted by molar-refractivity contribution is 6.33. The van der Waals surface area contributed by atoms with Crippen molar-refractivity contribution in [2.75, 3.05) is 12.3 Å². The van der Waals surface area contributed by atoms with Gasteiger partial charge in [-0.3, -0.25) is 19.2 Å². The van der Waals surface area contributed by atoms with Crippen LogP contribution < -0.4 is 16.4 Å². The van der Waals surface area contributed by atoms with Crippen molar-refractivity contribution < 1.29 is 23.9 Å². The quantitative estimate of drug-likeness (QED) is 0.385. The van der Waals surface area contributed by atoms with Gasteiger partial charge in [0.1, 0.15) is 18.2 Å². The number of nitrogens with two attached hydrogens (primary N) is 1. The lowest BCUT2D eigenvalue weighted by atomic mass is 9.85. The number of hydrogen-bond acceptors (Lipinski definition) is 6. The summed E-state index contributed by atoms with van der Waals surface area (Å²) in [6, 6.07) is 2.60. The van der Waals surface area contributed by atoms with E-state index in [0.29, 0.717) is 31.5 Å². The van der Waals surface area contributed by atoms with Gasteiger partial charge in [-0.25, -0.2) is 0 Å². The van der Waals surface area contributed by atoms with Crippen LogP contribution in [0.2, 0.25) is 5.02 Å². The van der Waals surface area contributed by atoms with Crippen LogP contribution in [-0.4, -0.2) is 59.4 Å². The Hall–Kier alpha value is -2.81. The summed E-state index contributed by atoms with van der Waals surface area (Å²) in [5.74, 6) is -1.41. The van der Waals surface area contributed by atoms with Crippen molar-refractivity contribution in [2.24, 2.45) is 5.41 Å². The van der Waals surface area contributed by atoms with Gasteiger partial charge in [0, 0.05) is 12.1 Å². The van der Waals surface area contributed by atoms with E-state index < -0.39 is 29.4 Å². The summed E-state index contributed by atoms with van der Waals surface area (Å²) in [6.45, 7) is 7.96. The third kappa shape index (κ3) is 6.25. The maximum absolute atomic E-state index is 13.7. The van der Waals surface area contributed by atoms with Crippen molar-refractivity contribution >= 4 is 41.0 Å². The molecule has 2 heterocycles. The van der Waals surface area contributed by atoms with Gasteiger partial charge in [0.15, 0.2) is 0 Å². The number of likely N-dealkylation sites (tertiary alicyclic amines) is 1. The molecule has 35 heavy (non-hydrogen) atoms. The number of cyclic esters (lactones) is 1. The number of halogens is 1. The van der Waals surface area contributed by atoms with Crippen LogP contribution in [0.25, 0.3) is 0 Å². The van der Waals surface area contributed by atoms with Crippen LogP contribution in [0.3, 0.4) is 0 Å². The molecule has 1 aromatic carbocycles. The molecule has 1 aromatic rings. The van der Waals surface area contributed by atoms with Gasteiger partial charge in [-0.05, 0) is 42.9 Å². The number of benzene rings is 1. The lowest BCUT2D eigenvalue weighted by Gasteiger charge is -2.35. The molecule has 0 aliphatic carbocycles. The summed E-state index contributed by atoms with van der Waals surface area (Å²) < 4.78 is 5.34. The lowest BCUT2D eigenvalue weighted by molar-refractivity contribution is -0.142. The second-order valence-corrected chi connectivity index (χ2v) is 10.7. The van der Waals surface area contributed by atoms with Crippen LogP contribution in [0.5, 0.6) is 0 Å². The van der Waals surface area contributed by atoms with Gasteiger partial charge in [0.2, 0.25) is 11.8 Å². The summed E-state index contributed by atoms with van der Waals surface area (Å²) in [7, 11) is 0. The minimum absolute atomic E-state index is 0.127. The number of nitrogen functional groups attached to an aromatic ring is 1. The van der Waals surface area contributed by atoms with E-state index in [9.17, 15) is 19.2 Å². The topological polar surface area (TPSA) is 131 Å². The average molecular weight is 507 g/mol. The highest BCUT2D eigenvalue weighted by Crippen LogP contribution is 2.28. The largest absolute Gasteiger partial charge is 0.460 e. The minimum atomic E-state index is -0.871. The van der Waals surface area contributed by atoms with Crippen LogP contribution in [0, 0.1) is 5.41 Å². The smallest absolute Gasteiger partial charge is 0.308 e. The van der Waals surface area contributed by atoms with Gasteiger partial charge in [-0.1, -0.05) is 45.7 Å². The SMILES string of the molecule is CCC[C@@H]1OC(=O)C[C@@H]1NC(=O)C1CCCN1C(=O)[C@@H](NC(=O)c1ccc(N)c(Cl)c1)C(C)(C)C. The van der Waals surface area contributed by atoms with Gasteiger partial charge in [0.05, 0.1) is 23.2 Å². The molecule has 2 fully saturated rings. The molecule has 192 valence electrons. The fraction of sp³-hybridized carbons (Fsp3) is 0.600. The molecule has 10 heteroatoms. The second-order valence-electron chi connectivity index (χ2n) is 10.3. The molecule has 0 aromatic heterocycles. The van der Waals surface area contributed by atoms with Crippen molar-refractivity contribution in [1.29, 1.82) is 0 Å². The van der Waals surface area contributed by atoms with Gasteiger partial charge in [-0.2, -0.15) is 0 Å². The lowest BCUT2D eigenvalue weighted by Crippen LogP contribution is -2.58. The molecule has 0 bridgehead atoms. The average Bonchev–Trinajstić information content (AvgIpc) is 3.39. The predicted molar refractivity (Wildman–Crippen MR) is 133 cm³/mol. The third-order valence-corrected chi connectivity index (χ3v) is 6.84. The van der Waals surface area contributed by atoms with Crippen molar-refractivity contribution in [3.8, 4) is 0 Å². The number of carbonyl (C=O) groups excluding carboxylic acids is 4. The molecule has 4 atom stereocenters. The van der Waals surface area contributed by atoms with E-state index in [1.54, 1.807) is 6.07 Å². The normalized spacial score (nSPS) is 23.1. The summed E-state index contributed by atoms with van der Waals surface area (Å²) in [5.41, 5.74) is 5.76. The molecule has 1 unspecified atom stereocenters. The molecule has 9 nitrogen and oxygen atoms in total. The molecule has 2 aliphatic rings. The van der Waals surface area contributed by atoms with Crippen molar-refractivity contribution in [3.05, 3.63) is 28.8 Å². The first-order valence-corrected chi connectivity index (χ1v) is 12.5. The van der Waals surface area contributed by atoms with Crippen LogP contribution in [0.15, 0.2) is 18.2 Å². The summed E-state index contributed by atoms with van der Waals surface area (Å²) in [6.07, 6.45) is 2.44. The van der Waals surface area contributed by atoms with Crippen LogP contribution in [0.1, 0.15) is 70.2 Å². The van der Waals surface area contributed by atoms with E-state index in [0.717, 1.165) is 6.42 Å². The Balaban J connectivity index is 1.74. The zero-order chi connectivity index (χ0) is 25.9. The highest BCUT2D eigenvalue weighted by atomic mass is 35.5. The van der Waals surface area contributed by atoms with Gasteiger partial charge >= 0.3 is 5.97 Å². The number of amides is 3. The predicted octanol–water partition coefficient (Wildman–Crippen LogP) is 2.66. The Morgan fingerprint density at radius 3 is 2.63 bits per heavy atom. The molecular formula is C25H35ClN4O5.